The Balaban J connectivity index is 1.70. The zero-order valence-corrected chi connectivity index (χ0v) is 17.7. The highest BCUT2D eigenvalue weighted by atomic mass is 16.1. The summed E-state index contributed by atoms with van der Waals surface area (Å²) in [6.45, 7) is 2.14. The molecule has 0 amide bonds. The van der Waals surface area contributed by atoms with Crippen LogP contribution in [0.25, 0.3) is 33.0 Å². The number of hydrogen-bond donors (Lipinski definition) is 0. The normalized spacial score (nSPS) is 18.8. The first-order chi connectivity index (χ1) is 15.6. The van der Waals surface area contributed by atoms with E-state index in [4.69, 9.17) is 11.1 Å². The number of carbonyl (C=O) groups is 1. The maximum absolute atomic E-state index is 12.9. The lowest BCUT2D eigenvalue weighted by Crippen LogP contribution is -2.18. The van der Waals surface area contributed by atoms with E-state index >= 15 is 0 Å². The first-order valence-corrected chi connectivity index (χ1v) is 10.2. The molecule has 158 valence electrons. The third-order valence-corrected chi connectivity index (χ3v) is 5.00. The van der Waals surface area contributed by atoms with Crippen LogP contribution in [0.15, 0.2) is 94.2 Å². The van der Waals surface area contributed by atoms with Gasteiger partial charge >= 0.3 is 0 Å². The molecule has 32 heavy (non-hydrogen) atoms. The average molecular weight is 422 g/mol. The molecule has 0 bridgehead atoms. The van der Waals surface area contributed by atoms with Crippen molar-refractivity contribution in [3.8, 4) is 0 Å². The maximum atomic E-state index is 12.9. The first kappa shape index (κ1) is 22.4. The Morgan fingerprint density at radius 1 is 0.781 bits per heavy atom. The molecule has 0 aliphatic heterocycles. The molecule has 0 radical (unpaired) electrons. The smallest absolute Gasteiger partial charge is 0.185 e. The molecule has 0 spiro atoms. The summed E-state index contributed by atoms with van der Waals surface area (Å²) in [4.78, 5) is 18.4. The predicted octanol–water partition coefficient (Wildman–Crippen LogP) is 8.15. The standard InChI is InChI=1S/C25H22N6O/c1-18-16-21(6-2-4-19-8-12-23(13-9-19)28-30-26)25(32)22(17-18)7-3-5-20-10-14-24(15-11-20)29-31-27/h2-15,18H,16-17H2,1H3/b4-2+,5-3+,21-6-,22-7+. The fraction of sp³-hybridized carbons (Fsp3) is 0.160. The number of benzene rings is 2. The van der Waals surface area contributed by atoms with E-state index in [1.165, 1.54) is 0 Å². The van der Waals surface area contributed by atoms with Gasteiger partial charge in [-0.1, -0.05) is 102 Å². The van der Waals surface area contributed by atoms with Gasteiger partial charge in [-0.3, -0.25) is 4.79 Å². The molecule has 1 atom stereocenters. The second kappa shape index (κ2) is 11.2. The molecule has 1 aliphatic carbocycles. The number of ketones is 1. The van der Waals surface area contributed by atoms with Gasteiger partial charge in [0.1, 0.15) is 0 Å². The fourth-order valence-electron chi connectivity index (χ4n) is 3.46. The van der Waals surface area contributed by atoms with Crippen LogP contribution in [-0.4, -0.2) is 5.78 Å². The van der Waals surface area contributed by atoms with Crippen LogP contribution in [0.3, 0.4) is 0 Å². The monoisotopic (exact) mass is 422 g/mol. The first-order valence-electron chi connectivity index (χ1n) is 10.2. The molecule has 1 fully saturated rings. The number of Topliss-reactive ketones (excluding diaryl/α,β-unsaturated/α-hetero) is 1. The number of rotatable bonds is 6. The quantitative estimate of drug-likeness (QED) is 0.199. The van der Waals surface area contributed by atoms with Crippen molar-refractivity contribution in [3.63, 3.8) is 0 Å². The highest BCUT2D eigenvalue weighted by Gasteiger charge is 2.24. The van der Waals surface area contributed by atoms with Crippen molar-refractivity contribution < 1.29 is 4.79 Å². The Hall–Kier alpha value is -4.31. The number of nitrogens with zero attached hydrogens (tertiary/aromatic N) is 6. The summed E-state index contributed by atoms with van der Waals surface area (Å²) in [5.41, 5.74) is 21.6. The second-order valence-corrected chi connectivity index (χ2v) is 7.51. The van der Waals surface area contributed by atoms with Crippen molar-refractivity contribution in [2.45, 2.75) is 19.8 Å². The van der Waals surface area contributed by atoms with Crippen molar-refractivity contribution in [1.29, 1.82) is 0 Å². The van der Waals surface area contributed by atoms with E-state index in [1.54, 1.807) is 24.3 Å². The molecule has 0 saturated heterocycles. The van der Waals surface area contributed by atoms with Crippen molar-refractivity contribution in [1.82, 2.24) is 0 Å². The highest BCUT2D eigenvalue weighted by Crippen LogP contribution is 2.30. The maximum Gasteiger partial charge on any atom is 0.185 e. The number of carbonyl (C=O) groups excluding carboxylic acids is 1. The molecular weight excluding hydrogens is 400 g/mol. The van der Waals surface area contributed by atoms with Gasteiger partial charge in [-0.2, -0.15) is 0 Å². The molecule has 2 aromatic rings. The van der Waals surface area contributed by atoms with Crippen LogP contribution in [0, 0.1) is 5.92 Å². The van der Waals surface area contributed by atoms with Crippen molar-refractivity contribution in [2.75, 3.05) is 0 Å². The van der Waals surface area contributed by atoms with E-state index in [-0.39, 0.29) is 5.78 Å². The topological polar surface area (TPSA) is 115 Å². The summed E-state index contributed by atoms with van der Waals surface area (Å²) < 4.78 is 0. The van der Waals surface area contributed by atoms with E-state index < -0.39 is 0 Å². The van der Waals surface area contributed by atoms with Crippen molar-refractivity contribution in [3.05, 3.63) is 116 Å². The zero-order valence-electron chi connectivity index (χ0n) is 17.7. The van der Waals surface area contributed by atoms with Crippen LogP contribution in [0.4, 0.5) is 11.4 Å². The molecule has 1 saturated carbocycles. The van der Waals surface area contributed by atoms with Gasteiger partial charge in [0, 0.05) is 32.3 Å². The van der Waals surface area contributed by atoms with E-state index in [1.807, 2.05) is 60.7 Å². The van der Waals surface area contributed by atoms with Gasteiger partial charge in [0.2, 0.25) is 0 Å². The molecular formula is C25H22N6O. The summed E-state index contributed by atoms with van der Waals surface area (Å²) in [5, 5.41) is 7.11. The highest BCUT2D eigenvalue weighted by molar-refractivity contribution is 6.09. The Morgan fingerprint density at radius 2 is 1.19 bits per heavy atom. The Kier molecular flexibility index (Phi) is 7.82. The molecule has 0 N–H and O–H groups in total. The average Bonchev–Trinajstić information content (AvgIpc) is 2.79. The zero-order chi connectivity index (χ0) is 22.8. The molecule has 3 rings (SSSR count). The lowest BCUT2D eigenvalue weighted by Gasteiger charge is -2.21. The summed E-state index contributed by atoms with van der Waals surface area (Å²) in [6.07, 6.45) is 12.9. The largest absolute Gasteiger partial charge is 0.289 e. The number of azide groups is 2. The molecule has 2 aromatic carbocycles. The Morgan fingerprint density at radius 3 is 1.56 bits per heavy atom. The number of hydrogen-bond acceptors (Lipinski definition) is 3. The van der Waals surface area contributed by atoms with Gasteiger partial charge < -0.3 is 0 Å². The van der Waals surface area contributed by atoms with Crippen molar-refractivity contribution in [2.24, 2.45) is 16.1 Å². The van der Waals surface area contributed by atoms with Crippen molar-refractivity contribution >= 4 is 29.3 Å². The van der Waals surface area contributed by atoms with Gasteiger partial charge in [-0.25, -0.2) is 0 Å². The van der Waals surface area contributed by atoms with E-state index in [0.717, 1.165) is 35.1 Å². The predicted molar refractivity (Wildman–Crippen MR) is 128 cm³/mol. The minimum absolute atomic E-state index is 0.0785. The van der Waals surface area contributed by atoms with E-state index in [2.05, 4.69) is 27.0 Å². The molecule has 7 heteroatoms. The molecule has 1 unspecified atom stereocenters. The van der Waals surface area contributed by atoms with E-state index in [9.17, 15) is 4.79 Å². The molecule has 0 heterocycles. The summed E-state index contributed by atoms with van der Waals surface area (Å²) in [7, 11) is 0. The van der Waals surface area contributed by atoms with Crippen LogP contribution >= 0.6 is 0 Å². The lowest BCUT2D eigenvalue weighted by molar-refractivity contribution is -0.113. The van der Waals surface area contributed by atoms with E-state index in [0.29, 0.717) is 17.3 Å². The van der Waals surface area contributed by atoms with Gasteiger partial charge in [0.05, 0.1) is 0 Å². The van der Waals surface area contributed by atoms with Crippen LogP contribution in [0.1, 0.15) is 30.9 Å². The Bertz CT molecular complexity index is 1100. The van der Waals surface area contributed by atoms with Crippen LogP contribution < -0.4 is 0 Å². The second-order valence-electron chi connectivity index (χ2n) is 7.51. The SMILES string of the molecule is CC1C/C(=C/C=C/c2ccc(N=[N+]=[N-])cc2)C(=O)/C(=C/C=C/c2ccc(N=[N+]=[N-])cc2)C1. The van der Waals surface area contributed by atoms with Crippen LogP contribution in [0.2, 0.25) is 0 Å². The van der Waals surface area contributed by atoms with Gasteiger partial charge in [0.15, 0.2) is 5.78 Å². The van der Waals surface area contributed by atoms with Gasteiger partial charge in [-0.15, -0.1) is 0 Å². The minimum Gasteiger partial charge on any atom is -0.289 e. The van der Waals surface area contributed by atoms with Crippen LogP contribution in [-0.2, 0) is 4.79 Å². The summed E-state index contributed by atoms with van der Waals surface area (Å²) in [5.74, 6) is 0.466. The lowest BCUT2D eigenvalue weighted by atomic mass is 9.81. The third kappa shape index (κ3) is 6.34. The fourth-order valence-corrected chi connectivity index (χ4v) is 3.46. The molecule has 0 aromatic heterocycles. The number of allylic oxidation sites excluding steroid dienone is 6. The molecule has 1 aliphatic rings. The summed E-state index contributed by atoms with van der Waals surface area (Å²) >= 11 is 0. The third-order valence-electron chi connectivity index (χ3n) is 5.00. The Labute approximate surface area is 186 Å². The molecule has 7 nitrogen and oxygen atoms in total. The minimum atomic E-state index is 0.0785. The summed E-state index contributed by atoms with van der Waals surface area (Å²) in [6, 6.07) is 14.4. The van der Waals surface area contributed by atoms with Crippen LogP contribution in [0.5, 0.6) is 0 Å². The van der Waals surface area contributed by atoms with Gasteiger partial charge in [-0.05, 0) is 40.9 Å². The van der Waals surface area contributed by atoms with Gasteiger partial charge in [0.25, 0.3) is 0 Å².